The van der Waals surface area contributed by atoms with Gasteiger partial charge in [-0.25, -0.2) is 0 Å². The van der Waals surface area contributed by atoms with E-state index in [9.17, 15) is 0 Å². The van der Waals surface area contributed by atoms with Gasteiger partial charge in [-0.15, -0.1) is 0 Å². The average molecular weight is 263 g/mol. The molecule has 1 N–H and O–H groups in total. The lowest BCUT2D eigenvalue weighted by Gasteiger charge is -2.17. The Bertz CT molecular complexity index is 360. The Labute approximate surface area is 116 Å². The lowest BCUT2D eigenvalue weighted by atomic mass is 10.0. The molecule has 3 heteroatoms. The molecule has 1 fully saturated rings. The zero-order valence-corrected chi connectivity index (χ0v) is 12.0. The lowest BCUT2D eigenvalue weighted by molar-refractivity contribution is 0.124. The van der Waals surface area contributed by atoms with Gasteiger partial charge in [-0.3, -0.25) is 0 Å². The molecule has 0 aliphatic heterocycles. The van der Waals surface area contributed by atoms with E-state index < -0.39 is 0 Å². The molecule has 0 bridgehead atoms. The van der Waals surface area contributed by atoms with Crippen molar-refractivity contribution in [3.05, 3.63) is 29.8 Å². The molecule has 19 heavy (non-hydrogen) atoms. The number of methoxy groups -OCH3 is 1. The zero-order valence-electron chi connectivity index (χ0n) is 12.0. The standard InChI is InChI=1S/C16H25NO2/c1-3-16(14-6-8-15(18-2)9-7-14)17-10-11-19-12-13-4-5-13/h6-9,13,16-17H,3-5,10-12H2,1-2H3. The Balaban J connectivity index is 1.71. The molecule has 3 nitrogen and oxygen atoms in total. The van der Waals surface area contributed by atoms with Crippen LogP contribution in [0.3, 0.4) is 0 Å². The minimum atomic E-state index is 0.399. The average Bonchev–Trinajstić information content (AvgIpc) is 3.27. The van der Waals surface area contributed by atoms with Crippen molar-refractivity contribution in [1.82, 2.24) is 5.32 Å². The molecule has 0 saturated heterocycles. The van der Waals surface area contributed by atoms with E-state index in [1.807, 2.05) is 12.1 Å². The first-order valence-corrected chi connectivity index (χ1v) is 7.28. The monoisotopic (exact) mass is 263 g/mol. The maximum Gasteiger partial charge on any atom is 0.118 e. The number of benzene rings is 1. The van der Waals surface area contributed by atoms with Crippen molar-refractivity contribution in [2.75, 3.05) is 26.9 Å². The Kier molecular flexibility index (Phi) is 5.67. The molecule has 1 aromatic carbocycles. The van der Waals surface area contributed by atoms with Crippen molar-refractivity contribution in [2.24, 2.45) is 5.92 Å². The number of rotatable bonds is 9. The summed E-state index contributed by atoms with van der Waals surface area (Å²) < 4.78 is 10.8. The molecule has 0 aromatic heterocycles. The van der Waals surface area contributed by atoms with E-state index in [2.05, 4.69) is 24.4 Å². The van der Waals surface area contributed by atoms with Crippen molar-refractivity contribution in [3.8, 4) is 5.75 Å². The second-order valence-electron chi connectivity index (χ2n) is 5.21. The molecular formula is C16H25NO2. The van der Waals surface area contributed by atoms with E-state index in [1.165, 1.54) is 18.4 Å². The highest BCUT2D eigenvalue weighted by molar-refractivity contribution is 5.29. The van der Waals surface area contributed by atoms with E-state index in [0.717, 1.165) is 37.8 Å². The van der Waals surface area contributed by atoms with E-state index in [1.54, 1.807) is 7.11 Å². The number of hydrogen-bond donors (Lipinski definition) is 1. The second kappa shape index (κ2) is 7.51. The normalized spacial score (nSPS) is 16.3. The molecule has 1 aliphatic carbocycles. The summed E-state index contributed by atoms with van der Waals surface area (Å²) in [6, 6.07) is 8.69. The first-order valence-electron chi connectivity index (χ1n) is 7.28. The fourth-order valence-electron chi connectivity index (χ4n) is 2.17. The van der Waals surface area contributed by atoms with Crippen LogP contribution in [0, 0.1) is 5.92 Å². The van der Waals surface area contributed by atoms with Crippen LogP contribution in [0.25, 0.3) is 0 Å². The lowest BCUT2D eigenvalue weighted by Crippen LogP contribution is -2.25. The van der Waals surface area contributed by atoms with Crippen molar-refractivity contribution < 1.29 is 9.47 Å². The quantitative estimate of drug-likeness (QED) is 0.694. The summed E-state index contributed by atoms with van der Waals surface area (Å²) in [4.78, 5) is 0. The molecule has 0 heterocycles. The van der Waals surface area contributed by atoms with Crippen molar-refractivity contribution in [3.63, 3.8) is 0 Å². The van der Waals surface area contributed by atoms with Crippen LogP contribution in [0.5, 0.6) is 5.75 Å². The number of nitrogens with one attached hydrogen (secondary N) is 1. The Morgan fingerprint density at radius 1 is 1.26 bits per heavy atom. The van der Waals surface area contributed by atoms with Gasteiger partial charge in [0.1, 0.15) is 5.75 Å². The third-order valence-corrected chi connectivity index (χ3v) is 3.61. The fraction of sp³-hybridized carbons (Fsp3) is 0.625. The minimum absolute atomic E-state index is 0.399. The van der Waals surface area contributed by atoms with E-state index in [-0.39, 0.29) is 0 Å². The summed E-state index contributed by atoms with van der Waals surface area (Å²) in [7, 11) is 1.70. The molecule has 0 amide bonds. The van der Waals surface area contributed by atoms with Gasteiger partial charge in [0.25, 0.3) is 0 Å². The maximum absolute atomic E-state index is 5.64. The van der Waals surface area contributed by atoms with Gasteiger partial charge in [0, 0.05) is 19.2 Å². The van der Waals surface area contributed by atoms with Gasteiger partial charge in [-0.2, -0.15) is 0 Å². The summed E-state index contributed by atoms with van der Waals surface area (Å²) in [5.41, 5.74) is 1.31. The van der Waals surface area contributed by atoms with Gasteiger partial charge in [-0.05, 0) is 42.9 Å². The van der Waals surface area contributed by atoms with Gasteiger partial charge in [0.15, 0.2) is 0 Å². The Morgan fingerprint density at radius 3 is 2.58 bits per heavy atom. The molecule has 1 aliphatic rings. The topological polar surface area (TPSA) is 30.5 Å². The minimum Gasteiger partial charge on any atom is -0.497 e. The molecule has 1 saturated carbocycles. The molecular weight excluding hydrogens is 238 g/mol. The molecule has 106 valence electrons. The van der Waals surface area contributed by atoms with Crippen LogP contribution in [-0.4, -0.2) is 26.9 Å². The highest BCUT2D eigenvalue weighted by Crippen LogP contribution is 2.28. The van der Waals surface area contributed by atoms with Crippen LogP contribution in [0.15, 0.2) is 24.3 Å². The van der Waals surface area contributed by atoms with Gasteiger partial charge >= 0.3 is 0 Å². The van der Waals surface area contributed by atoms with E-state index in [4.69, 9.17) is 9.47 Å². The highest BCUT2D eigenvalue weighted by Gasteiger charge is 2.20. The second-order valence-corrected chi connectivity index (χ2v) is 5.21. The molecule has 1 aromatic rings. The van der Waals surface area contributed by atoms with E-state index >= 15 is 0 Å². The predicted molar refractivity (Wildman–Crippen MR) is 77.6 cm³/mol. The largest absolute Gasteiger partial charge is 0.497 e. The van der Waals surface area contributed by atoms with Gasteiger partial charge in [0.05, 0.1) is 13.7 Å². The number of hydrogen-bond acceptors (Lipinski definition) is 3. The molecule has 1 atom stereocenters. The Morgan fingerprint density at radius 2 is 2.00 bits per heavy atom. The summed E-state index contributed by atoms with van der Waals surface area (Å²) in [6.45, 7) is 4.87. The summed E-state index contributed by atoms with van der Waals surface area (Å²) in [5.74, 6) is 1.76. The van der Waals surface area contributed by atoms with Crippen LogP contribution in [0.1, 0.15) is 37.8 Å². The first kappa shape index (κ1) is 14.4. The van der Waals surface area contributed by atoms with Crippen LogP contribution < -0.4 is 10.1 Å². The van der Waals surface area contributed by atoms with Gasteiger partial charge < -0.3 is 14.8 Å². The highest BCUT2D eigenvalue weighted by atomic mass is 16.5. The summed E-state index contributed by atoms with van der Waals surface area (Å²) >= 11 is 0. The molecule has 2 rings (SSSR count). The van der Waals surface area contributed by atoms with Crippen LogP contribution >= 0.6 is 0 Å². The third-order valence-electron chi connectivity index (χ3n) is 3.61. The maximum atomic E-state index is 5.64. The SMILES string of the molecule is CCC(NCCOCC1CC1)c1ccc(OC)cc1. The Hall–Kier alpha value is -1.06. The van der Waals surface area contributed by atoms with Crippen molar-refractivity contribution >= 4 is 0 Å². The predicted octanol–water partition coefficient (Wildman–Crippen LogP) is 3.16. The van der Waals surface area contributed by atoms with Crippen molar-refractivity contribution in [1.29, 1.82) is 0 Å². The fourth-order valence-corrected chi connectivity index (χ4v) is 2.17. The number of ether oxygens (including phenoxy) is 2. The van der Waals surface area contributed by atoms with E-state index in [0.29, 0.717) is 6.04 Å². The zero-order chi connectivity index (χ0) is 13.5. The summed E-state index contributed by atoms with van der Waals surface area (Å²) in [6.07, 6.45) is 3.79. The summed E-state index contributed by atoms with van der Waals surface area (Å²) in [5, 5.41) is 3.55. The van der Waals surface area contributed by atoms with Crippen molar-refractivity contribution in [2.45, 2.75) is 32.2 Å². The van der Waals surface area contributed by atoms with Gasteiger partial charge in [-0.1, -0.05) is 19.1 Å². The molecule has 1 unspecified atom stereocenters. The smallest absolute Gasteiger partial charge is 0.118 e. The first-order chi connectivity index (χ1) is 9.33. The molecule has 0 radical (unpaired) electrons. The van der Waals surface area contributed by atoms with Crippen LogP contribution in [0.4, 0.5) is 0 Å². The third kappa shape index (κ3) is 4.84. The molecule has 0 spiro atoms. The van der Waals surface area contributed by atoms with Crippen LogP contribution in [0.2, 0.25) is 0 Å². The van der Waals surface area contributed by atoms with Crippen LogP contribution in [-0.2, 0) is 4.74 Å². The van der Waals surface area contributed by atoms with Gasteiger partial charge in [0.2, 0.25) is 0 Å².